The molecule has 182 valence electrons. The summed E-state index contributed by atoms with van der Waals surface area (Å²) in [5.41, 5.74) is 1.06. The van der Waals surface area contributed by atoms with Crippen LogP contribution in [0.3, 0.4) is 0 Å². The zero-order valence-corrected chi connectivity index (χ0v) is 19.7. The summed E-state index contributed by atoms with van der Waals surface area (Å²) in [6, 6.07) is 11.6. The van der Waals surface area contributed by atoms with Crippen molar-refractivity contribution in [1.82, 2.24) is 15.3 Å². The normalized spacial score (nSPS) is 14.7. The Labute approximate surface area is 204 Å². The number of carbonyl (C=O) groups is 2. The summed E-state index contributed by atoms with van der Waals surface area (Å²) >= 11 is 0. The van der Waals surface area contributed by atoms with Gasteiger partial charge < -0.3 is 10.1 Å². The summed E-state index contributed by atoms with van der Waals surface area (Å²) in [6.07, 6.45) is 9.31. The van der Waals surface area contributed by atoms with Crippen LogP contribution in [0, 0.1) is 5.82 Å². The number of nitrogens with one attached hydrogen (secondary N) is 1. The van der Waals surface area contributed by atoms with Crippen molar-refractivity contribution in [2.45, 2.75) is 51.1 Å². The number of ether oxygens (including phenoxy) is 1. The minimum absolute atomic E-state index is 0.0446. The molecular formula is C27H29FN4O3. The molecule has 2 amide bonds. The van der Waals surface area contributed by atoms with Gasteiger partial charge >= 0.3 is 0 Å². The van der Waals surface area contributed by atoms with E-state index in [0.29, 0.717) is 23.6 Å². The van der Waals surface area contributed by atoms with Crippen LogP contribution in [-0.4, -0.2) is 34.4 Å². The fourth-order valence-electron chi connectivity index (χ4n) is 4.38. The Morgan fingerprint density at radius 2 is 1.77 bits per heavy atom. The van der Waals surface area contributed by atoms with Gasteiger partial charge in [-0.15, -0.1) is 0 Å². The molecule has 35 heavy (non-hydrogen) atoms. The van der Waals surface area contributed by atoms with Crippen molar-refractivity contribution in [2.24, 2.45) is 0 Å². The fraction of sp³-hybridized carbons (Fsp3) is 0.333. The van der Waals surface area contributed by atoms with Crippen molar-refractivity contribution in [2.75, 3.05) is 11.5 Å². The van der Waals surface area contributed by atoms with Crippen LogP contribution in [-0.2, 0) is 4.79 Å². The van der Waals surface area contributed by atoms with Gasteiger partial charge in [-0.3, -0.25) is 19.5 Å². The van der Waals surface area contributed by atoms with Gasteiger partial charge in [0, 0.05) is 24.1 Å². The molecule has 0 spiro atoms. The maximum atomic E-state index is 13.8. The van der Waals surface area contributed by atoms with Crippen LogP contribution in [0.2, 0.25) is 0 Å². The fourth-order valence-corrected chi connectivity index (χ4v) is 4.38. The molecule has 1 fully saturated rings. The molecule has 1 aliphatic rings. The minimum Gasteiger partial charge on any atom is -0.494 e. The highest BCUT2D eigenvalue weighted by atomic mass is 19.1. The lowest BCUT2D eigenvalue weighted by molar-refractivity contribution is -0.123. The molecule has 1 heterocycles. The number of nitrogens with zero attached hydrogens (tertiary/aromatic N) is 3. The van der Waals surface area contributed by atoms with Gasteiger partial charge in [0.2, 0.25) is 5.91 Å². The molecule has 7 nitrogen and oxygen atoms in total. The van der Waals surface area contributed by atoms with E-state index in [4.69, 9.17) is 4.74 Å². The Bertz CT molecular complexity index is 1120. The van der Waals surface area contributed by atoms with E-state index in [1.807, 2.05) is 6.92 Å². The number of halogens is 1. The molecule has 1 atom stereocenters. The summed E-state index contributed by atoms with van der Waals surface area (Å²) in [5.74, 6) is -0.591. The SMILES string of the molecule is CCOc1ccc(C(C(=O)NC2CCCCC2)N(C(=O)c2cnccn2)c2ccc(F)cc2)cc1. The lowest BCUT2D eigenvalue weighted by atomic mass is 9.94. The molecule has 0 radical (unpaired) electrons. The molecule has 0 bridgehead atoms. The van der Waals surface area contributed by atoms with E-state index in [2.05, 4.69) is 15.3 Å². The largest absolute Gasteiger partial charge is 0.494 e. The zero-order valence-electron chi connectivity index (χ0n) is 19.7. The van der Waals surface area contributed by atoms with E-state index in [1.165, 1.54) is 47.8 Å². The minimum atomic E-state index is -1.01. The Kier molecular flexibility index (Phi) is 8.03. The van der Waals surface area contributed by atoms with Gasteiger partial charge in [-0.05, 0) is 61.7 Å². The number of carbonyl (C=O) groups excluding carboxylic acids is 2. The van der Waals surface area contributed by atoms with Crippen LogP contribution >= 0.6 is 0 Å². The lowest BCUT2D eigenvalue weighted by Gasteiger charge is -2.33. The van der Waals surface area contributed by atoms with Gasteiger partial charge in [0.1, 0.15) is 23.3 Å². The number of aromatic nitrogens is 2. The van der Waals surface area contributed by atoms with Crippen molar-refractivity contribution < 1.29 is 18.7 Å². The Balaban J connectivity index is 1.78. The number of anilines is 1. The molecule has 8 heteroatoms. The highest BCUT2D eigenvalue weighted by molar-refractivity contribution is 6.09. The topological polar surface area (TPSA) is 84.4 Å². The third kappa shape index (κ3) is 6.01. The Morgan fingerprint density at radius 3 is 2.40 bits per heavy atom. The smallest absolute Gasteiger partial charge is 0.279 e. The van der Waals surface area contributed by atoms with Crippen LogP contribution in [0.25, 0.3) is 0 Å². The standard InChI is InChI=1S/C27H29FN4O3/c1-2-35-23-14-8-19(9-15-23)25(26(33)31-21-6-4-3-5-7-21)32(22-12-10-20(28)11-13-22)27(34)24-18-29-16-17-30-24/h8-18,21,25H,2-7H2,1H3,(H,31,33). The molecular weight excluding hydrogens is 447 g/mol. The molecule has 1 unspecified atom stereocenters. The number of rotatable bonds is 8. The highest BCUT2D eigenvalue weighted by Gasteiger charge is 2.35. The first-order valence-corrected chi connectivity index (χ1v) is 11.9. The number of hydrogen-bond donors (Lipinski definition) is 1. The van der Waals surface area contributed by atoms with Crippen LogP contribution < -0.4 is 15.0 Å². The molecule has 0 aliphatic heterocycles. The molecule has 3 aromatic rings. The average molecular weight is 477 g/mol. The molecule has 4 rings (SSSR count). The summed E-state index contributed by atoms with van der Waals surface area (Å²) in [4.78, 5) is 37.1. The second-order valence-electron chi connectivity index (χ2n) is 8.49. The van der Waals surface area contributed by atoms with Gasteiger partial charge in [-0.1, -0.05) is 31.4 Å². The summed E-state index contributed by atoms with van der Waals surface area (Å²) in [5, 5.41) is 3.15. The molecule has 1 N–H and O–H groups in total. The lowest BCUT2D eigenvalue weighted by Crippen LogP contribution is -2.47. The third-order valence-corrected chi connectivity index (χ3v) is 6.07. The maximum Gasteiger partial charge on any atom is 0.279 e. The molecule has 0 saturated heterocycles. The van der Waals surface area contributed by atoms with E-state index >= 15 is 0 Å². The monoisotopic (exact) mass is 476 g/mol. The van der Waals surface area contributed by atoms with E-state index in [9.17, 15) is 14.0 Å². The van der Waals surface area contributed by atoms with E-state index in [1.54, 1.807) is 24.3 Å². The average Bonchev–Trinajstić information content (AvgIpc) is 2.89. The molecule has 1 aliphatic carbocycles. The van der Waals surface area contributed by atoms with Crippen LogP contribution in [0.15, 0.2) is 67.1 Å². The third-order valence-electron chi connectivity index (χ3n) is 6.07. The van der Waals surface area contributed by atoms with Gasteiger partial charge in [0.25, 0.3) is 5.91 Å². The van der Waals surface area contributed by atoms with E-state index in [0.717, 1.165) is 32.1 Å². The van der Waals surface area contributed by atoms with E-state index < -0.39 is 17.8 Å². The molecule has 2 aromatic carbocycles. The zero-order chi connectivity index (χ0) is 24.6. The molecule has 1 saturated carbocycles. The second kappa shape index (κ2) is 11.6. The quantitative estimate of drug-likeness (QED) is 0.502. The summed E-state index contributed by atoms with van der Waals surface area (Å²) in [6.45, 7) is 2.40. The maximum absolute atomic E-state index is 13.8. The number of hydrogen-bond acceptors (Lipinski definition) is 5. The first kappa shape index (κ1) is 24.3. The van der Waals surface area contributed by atoms with Crippen molar-refractivity contribution in [3.63, 3.8) is 0 Å². The predicted molar refractivity (Wildman–Crippen MR) is 131 cm³/mol. The Morgan fingerprint density at radius 1 is 1.06 bits per heavy atom. The van der Waals surface area contributed by atoms with Crippen molar-refractivity contribution in [1.29, 1.82) is 0 Å². The number of benzene rings is 2. The van der Waals surface area contributed by atoms with E-state index in [-0.39, 0.29) is 17.6 Å². The highest BCUT2D eigenvalue weighted by Crippen LogP contribution is 2.31. The first-order chi connectivity index (χ1) is 17.1. The van der Waals surface area contributed by atoms with Gasteiger partial charge in [-0.2, -0.15) is 0 Å². The van der Waals surface area contributed by atoms with Crippen molar-refractivity contribution in [3.05, 3.63) is 84.2 Å². The van der Waals surface area contributed by atoms with Crippen molar-refractivity contribution in [3.8, 4) is 5.75 Å². The number of amides is 2. The van der Waals surface area contributed by atoms with Gasteiger partial charge in [0.15, 0.2) is 0 Å². The second-order valence-corrected chi connectivity index (χ2v) is 8.49. The van der Waals surface area contributed by atoms with Crippen LogP contribution in [0.5, 0.6) is 5.75 Å². The van der Waals surface area contributed by atoms with Crippen LogP contribution in [0.1, 0.15) is 61.1 Å². The Hall–Kier alpha value is -3.81. The predicted octanol–water partition coefficient (Wildman–Crippen LogP) is 4.85. The first-order valence-electron chi connectivity index (χ1n) is 11.9. The summed E-state index contributed by atoms with van der Waals surface area (Å²) < 4.78 is 19.3. The molecule has 1 aromatic heterocycles. The summed E-state index contributed by atoms with van der Waals surface area (Å²) in [7, 11) is 0. The van der Waals surface area contributed by atoms with Crippen LogP contribution in [0.4, 0.5) is 10.1 Å². The van der Waals surface area contributed by atoms with Gasteiger partial charge in [0.05, 0.1) is 12.8 Å². The van der Waals surface area contributed by atoms with Gasteiger partial charge in [-0.25, -0.2) is 9.37 Å². The van der Waals surface area contributed by atoms with Crippen molar-refractivity contribution >= 4 is 17.5 Å².